The highest BCUT2D eigenvalue weighted by Gasteiger charge is 2.29. The van der Waals surface area contributed by atoms with Crippen LogP contribution in [-0.4, -0.2) is 18.0 Å². The fraction of sp³-hybridized carbons (Fsp3) is 0.588. The monoisotopic (exact) mass is 312 g/mol. The lowest BCUT2D eigenvalue weighted by atomic mass is 9.81. The van der Waals surface area contributed by atoms with Gasteiger partial charge in [0, 0.05) is 12.0 Å². The Hall–Kier alpha value is -1.06. The lowest BCUT2D eigenvalue weighted by Gasteiger charge is -2.30. The minimum Gasteiger partial charge on any atom is -0.354 e. The van der Waals surface area contributed by atoms with Crippen molar-refractivity contribution >= 4 is 18.3 Å². The average Bonchev–Trinajstić information content (AvgIpc) is 2.36. The molecule has 1 aromatic carbocycles. The second kappa shape index (κ2) is 7.81. The first-order valence-electron chi connectivity index (χ1n) is 7.34. The summed E-state index contributed by atoms with van der Waals surface area (Å²) in [6.45, 7) is 10.8. The first kappa shape index (κ1) is 19.9. The zero-order valence-electron chi connectivity index (χ0n) is 13.8. The van der Waals surface area contributed by atoms with Crippen LogP contribution < -0.4 is 11.1 Å². The van der Waals surface area contributed by atoms with Crippen LogP contribution >= 0.6 is 12.4 Å². The van der Waals surface area contributed by atoms with Crippen LogP contribution in [0.15, 0.2) is 24.3 Å². The molecule has 0 fully saturated rings. The molecule has 1 unspecified atom stereocenters. The summed E-state index contributed by atoms with van der Waals surface area (Å²) < 4.78 is 0. The number of rotatable bonds is 6. The highest BCUT2D eigenvalue weighted by Crippen LogP contribution is 2.25. The highest BCUT2D eigenvalue weighted by molar-refractivity contribution is 5.85. The van der Waals surface area contributed by atoms with E-state index in [0.717, 1.165) is 6.42 Å². The van der Waals surface area contributed by atoms with Crippen molar-refractivity contribution in [3.8, 4) is 0 Å². The van der Waals surface area contributed by atoms with Gasteiger partial charge in [-0.05, 0) is 31.4 Å². The minimum atomic E-state index is -0.781. The molecule has 4 heteroatoms. The van der Waals surface area contributed by atoms with Crippen molar-refractivity contribution in [3.63, 3.8) is 0 Å². The second-order valence-corrected chi connectivity index (χ2v) is 6.55. The van der Waals surface area contributed by atoms with Gasteiger partial charge in [0.05, 0.1) is 5.54 Å². The maximum atomic E-state index is 12.2. The third-order valence-electron chi connectivity index (χ3n) is 3.85. The summed E-state index contributed by atoms with van der Waals surface area (Å²) in [5.74, 6) is -0.0685. The summed E-state index contributed by atoms with van der Waals surface area (Å²) in [7, 11) is 0. The van der Waals surface area contributed by atoms with Gasteiger partial charge in [0.15, 0.2) is 0 Å². The van der Waals surface area contributed by atoms with Crippen LogP contribution in [0.3, 0.4) is 0 Å². The molecule has 1 amide bonds. The predicted octanol–water partition coefficient (Wildman–Crippen LogP) is 3.33. The van der Waals surface area contributed by atoms with Gasteiger partial charge in [-0.3, -0.25) is 4.79 Å². The lowest BCUT2D eigenvalue weighted by molar-refractivity contribution is -0.126. The molecule has 0 spiro atoms. The molecule has 3 nitrogen and oxygen atoms in total. The molecule has 21 heavy (non-hydrogen) atoms. The van der Waals surface area contributed by atoms with Crippen LogP contribution in [0.25, 0.3) is 0 Å². The van der Waals surface area contributed by atoms with Gasteiger partial charge >= 0.3 is 0 Å². The second-order valence-electron chi connectivity index (χ2n) is 6.55. The van der Waals surface area contributed by atoms with E-state index in [-0.39, 0.29) is 23.7 Å². The lowest BCUT2D eigenvalue weighted by Crippen LogP contribution is -2.53. The van der Waals surface area contributed by atoms with Crippen molar-refractivity contribution in [1.29, 1.82) is 0 Å². The number of halogens is 1. The molecule has 120 valence electrons. The summed E-state index contributed by atoms with van der Waals surface area (Å²) in [5.41, 5.74) is 7.67. The number of aryl methyl sites for hydroxylation is 1. The number of benzene rings is 1. The molecule has 1 rings (SSSR count). The number of amides is 1. The van der Waals surface area contributed by atoms with Crippen LogP contribution in [-0.2, 0) is 10.2 Å². The molecule has 0 heterocycles. The third kappa shape index (κ3) is 5.33. The van der Waals surface area contributed by atoms with Crippen molar-refractivity contribution < 1.29 is 4.79 Å². The Morgan fingerprint density at radius 2 is 1.81 bits per heavy atom. The van der Waals surface area contributed by atoms with Crippen molar-refractivity contribution in [1.82, 2.24) is 5.32 Å². The van der Waals surface area contributed by atoms with E-state index >= 15 is 0 Å². The van der Waals surface area contributed by atoms with Crippen molar-refractivity contribution in [2.45, 2.75) is 58.4 Å². The Bertz CT molecular complexity index is 470. The minimum absolute atomic E-state index is 0. The molecule has 0 aliphatic heterocycles. The molecule has 0 saturated heterocycles. The van der Waals surface area contributed by atoms with Crippen LogP contribution in [0, 0.1) is 6.92 Å². The summed E-state index contributed by atoms with van der Waals surface area (Å²) in [4.78, 5) is 12.2. The maximum Gasteiger partial charge on any atom is 0.239 e. The van der Waals surface area contributed by atoms with E-state index in [1.54, 1.807) is 6.92 Å². The number of nitrogens with two attached hydrogens (primary N) is 1. The van der Waals surface area contributed by atoms with E-state index in [2.05, 4.69) is 38.2 Å². The SMILES string of the molecule is CCCC(C)(N)C(=O)NCC(C)(C)c1ccccc1C.Cl. The average molecular weight is 313 g/mol. The molecule has 1 aromatic rings. The Balaban J connectivity index is 0.00000400. The standard InChI is InChI=1S/C17H28N2O.ClH/c1-6-11-17(5,18)15(20)19-12-16(3,4)14-10-8-7-9-13(14)2;/h7-10H,6,11-12,18H2,1-5H3,(H,19,20);1H. The quantitative estimate of drug-likeness (QED) is 0.846. The number of carbonyl (C=O) groups is 1. The van der Waals surface area contributed by atoms with E-state index in [4.69, 9.17) is 5.73 Å². The zero-order valence-corrected chi connectivity index (χ0v) is 14.6. The highest BCUT2D eigenvalue weighted by atomic mass is 35.5. The molecule has 0 aromatic heterocycles. The molecule has 0 aliphatic carbocycles. The van der Waals surface area contributed by atoms with Gasteiger partial charge in [-0.2, -0.15) is 0 Å². The molecule has 1 atom stereocenters. The first-order chi connectivity index (χ1) is 9.20. The van der Waals surface area contributed by atoms with Gasteiger partial charge in [-0.1, -0.05) is 51.5 Å². The summed E-state index contributed by atoms with van der Waals surface area (Å²) in [6.07, 6.45) is 1.60. The number of hydrogen-bond acceptors (Lipinski definition) is 2. The fourth-order valence-electron chi connectivity index (χ4n) is 2.56. The van der Waals surface area contributed by atoms with Gasteiger partial charge < -0.3 is 11.1 Å². The van der Waals surface area contributed by atoms with E-state index in [0.29, 0.717) is 13.0 Å². The van der Waals surface area contributed by atoms with Gasteiger partial charge in [0.2, 0.25) is 5.91 Å². The molecule has 0 radical (unpaired) electrons. The van der Waals surface area contributed by atoms with Crippen molar-refractivity contribution in [3.05, 3.63) is 35.4 Å². The number of hydrogen-bond donors (Lipinski definition) is 2. The normalized spacial score (nSPS) is 14.0. The van der Waals surface area contributed by atoms with Crippen LogP contribution in [0.2, 0.25) is 0 Å². The number of nitrogens with one attached hydrogen (secondary N) is 1. The first-order valence-corrected chi connectivity index (χ1v) is 7.34. The maximum absolute atomic E-state index is 12.2. The largest absolute Gasteiger partial charge is 0.354 e. The smallest absolute Gasteiger partial charge is 0.239 e. The fourth-order valence-corrected chi connectivity index (χ4v) is 2.56. The summed E-state index contributed by atoms with van der Waals surface area (Å²) in [6, 6.07) is 8.29. The predicted molar refractivity (Wildman–Crippen MR) is 92.0 cm³/mol. The van der Waals surface area contributed by atoms with Gasteiger partial charge in [-0.25, -0.2) is 0 Å². The van der Waals surface area contributed by atoms with E-state index in [1.165, 1.54) is 11.1 Å². The van der Waals surface area contributed by atoms with Gasteiger partial charge in [-0.15, -0.1) is 12.4 Å². The Morgan fingerprint density at radius 3 is 2.33 bits per heavy atom. The van der Waals surface area contributed by atoms with Crippen LogP contribution in [0.4, 0.5) is 0 Å². The summed E-state index contributed by atoms with van der Waals surface area (Å²) >= 11 is 0. The van der Waals surface area contributed by atoms with E-state index in [9.17, 15) is 4.79 Å². The van der Waals surface area contributed by atoms with Gasteiger partial charge in [0.25, 0.3) is 0 Å². The van der Waals surface area contributed by atoms with Crippen LogP contribution in [0.5, 0.6) is 0 Å². The molecule has 0 bridgehead atoms. The molecule has 3 N–H and O–H groups in total. The summed E-state index contributed by atoms with van der Waals surface area (Å²) in [5, 5.41) is 3.01. The van der Waals surface area contributed by atoms with Crippen LogP contribution in [0.1, 0.15) is 51.7 Å². The van der Waals surface area contributed by atoms with Gasteiger partial charge in [0.1, 0.15) is 0 Å². The van der Waals surface area contributed by atoms with E-state index < -0.39 is 5.54 Å². The Labute approximate surface area is 135 Å². The van der Waals surface area contributed by atoms with Crippen molar-refractivity contribution in [2.24, 2.45) is 5.73 Å². The van der Waals surface area contributed by atoms with Crippen molar-refractivity contribution in [2.75, 3.05) is 6.54 Å². The van der Waals surface area contributed by atoms with E-state index in [1.807, 2.05) is 19.1 Å². The third-order valence-corrected chi connectivity index (χ3v) is 3.85. The Kier molecular flexibility index (Phi) is 7.41. The molecular weight excluding hydrogens is 284 g/mol. The topological polar surface area (TPSA) is 55.1 Å². The molecule has 0 aliphatic rings. The Morgan fingerprint density at radius 1 is 1.24 bits per heavy atom. The number of carbonyl (C=O) groups excluding carboxylic acids is 1. The zero-order chi connectivity index (χ0) is 15.4. The molecule has 0 saturated carbocycles. The molecular formula is C17H29ClN2O.